The van der Waals surface area contributed by atoms with Gasteiger partial charge in [0.2, 0.25) is 0 Å². The molecule has 0 unspecified atom stereocenters. The molecule has 1 heterocycles. The van der Waals surface area contributed by atoms with Gasteiger partial charge in [0.05, 0.1) is 0 Å². The van der Waals surface area contributed by atoms with Crippen molar-refractivity contribution in [3.05, 3.63) is 121 Å². The summed E-state index contributed by atoms with van der Waals surface area (Å²) in [5, 5.41) is 0. The first kappa shape index (κ1) is 17.7. The van der Waals surface area contributed by atoms with Crippen LogP contribution in [-0.4, -0.2) is 0 Å². The monoisotopic (exact) mass is 396 g/mol. The zero-order valence-corrected chi connectivity index (χ0v) is 17.0. The Bertz CT molecular complexity index is 1310. The van der Waals surface area contributed by atoms with Crippen LogP contribution in [-0.2, 0) is 0 Å². The molecule has 5 aromatic carbocycles. The molecule has 0 saturated heterocycles. The van der Waals surface area contributed by atoms with Gasteiger partial charge in [-0.25, -0.2) is 0 Å². The Balaban J connectivity index is 1.79. The summed E-state index contributed by atoms with van der Waals surface area (Å²) in [6, 6.07) is 42.5. The van der Waals surface area contributed by atoms with Crippen LogP contribution in [0.5, 0.6) is 11.5 Å². The quantitative estimate of drug-likeness (QED) is 0.250. The predicted octanol–water partition coefficient (Wildman–Crippen LogP) is 8.46. The molecule has 0 N–H and O–H groups in total. The van der Waals surface area contributed by atoms with E-state index in [0.717, 1.165) is 22.6 Å². The Kier molecular flexibility index (Phi) is 4.18. The summed E-state index contributed by atoms with van der Waals surface area (Å²) in [6.07, 6.45) is 0. The zero-order chi connectivity index (χ0) is 20.6. The van der Waals surface area contributed by atoms with Crippen LogP contribution in [0.4, 0.5) is 0 Å². The first-order chi connectivity index (χ1) is 15.4. The van der Waals surface area contributed by atoms with Gasteiger partial charge in [0.25, 0.3) is 0 Å². The lowest BCUT2D eigenvalue weighted by molar-refractivity contribution is 0.486. The molecular weight excluding hydrogens is 376 g/mol. The van der Waals surface area contributed by atoms with Crippen molar-refractivity contribution in [2.45, 2.75) is 0 Å². The van der Waals surface area contributed by atoms with Crippen molar-refractivity contribution in [2.75, 3.05) is 0 Å². The SMILES string of the molecule is c1ccc2c(c1)Oc1ccccc1-c1ccccc1-c1ccccc1-c1ccccc1-2. The van der Waals surface area contributed by atoms with Crippen molar-refractivity contribution < 1.29 is 4.74 Å². The highest BCUT2D eigenvalue weighted by Crippen LogP contribution is 2.47. The highest BCUT2D eigenvalue weighted by atomic mass is 16.5. The van der Waals surface area contributed by atoms with E-state index in [2.05, 4.69) is 109 Å². The second-order valence-corrected chi connectivity index (χ2v) is 7.73. The maximum absolute atomic E-state index is 6.59. The summed E-state index contributed by atoms with van der Waals surface area (Å²) in [4.78, 5) is 0. The normalized spacial score (nSPS) is 11.5. The third-order valence-electron chi connectivity index (χ3n) is 5.94. The van der Waals surface area contributed by atoms with Crippen molar-refractivity contribution in [3.8, 4) is 56.0 Å². The third kappa shape index (κ3) is 2.94. The Morgan fingerprint density at radius 2 is 0.484 bits per heavy atom. The standard InChI is InChI=1S/C30H20O/c1-2-12-22-21(11-1)23-13-3-5-15-25(23)27-17-7-9-19-29(27)31-30-20-10-8-18-28(30)26-16-6-4-14-24(22)26/h1-20H. The highest BCUT2D eigenvalue weighted by molar-refractivity contribution is 5.97. The Morgan fingerprint density at radius 3 is 0.806 bits per heavy atom. The molecule has 0 atom stereocenters. The third-order valence-corrected chi connectivity index (χ3v) is 5.94. The van der Waals surface area contributed by atoms with Gasteiger partial charge in [-0.2, -0.15) is 0 Å². The molecule has 0 bridgehead atoms. The fourth-order valence-electron chi connectivity index (χ4n) is 4.53. The summed E-state index contributed by atoms with van der Waals surface area (Å²) >= 11 is 0. The molecule has 0 amide bonds. The van der Waals surface area contributed by atoms with Crippen molar-refractivity contribution in [1.82, 2.24) is 0 Å². The van der Waals surface area contributed by atoms with Crippen LogP contribution in [0.25, 0.3) is 44.5 Å². The minimum atomic E-state index is 0.860. The number of hydrogen-bond acceptors (Lipinski definition) is 1. The van der Waals surface area contributed by atoms with Gasteiger partial charge in [0.15, 0.2) is 0 Å². The van der Waals surface area contributed by atoms with Gasteiger partial charge in [0, 0.05) is 11.1 Å². The smallest absolute Gasteiger partial charge is 0.135 e. The molecule has 0 aliphatic carbocycles. The molecular formula is C30H20O. The molecule has 146 valence electrons. The molecule has 0 spiro atoms. The molecule has 5 aromatic rings. The van der Waals surface area contributed by atoms with Gasteiger partial charge in [0.1, 0.15) is 11.5 Å². The van der Waals surface area contributed by atoms with Crippen molar-refractivity contribution >= 4 is 0 Å². The van der Waals surface area contributed by atoms with E-state index in [1.54, 1.807) is 0 Å². The molecule has 6 rings (SSSR count). The van der Waals surface area contributed by atoms with E-state index in [1.165, 1.54) is 33.4 Å². The Morgan fingerprint density at radius 1 is 0.258 bits per heavy atom. The maximum Gasteiger partial charge on any atom is 0.135 e. The largest absolute Gasteiger partial charge is 0.456 e. The number of fused-ring (bicyclic) bond motifs is 9. The van der Waals surface area contributed by atoms with Gasteiger partial charge in [-0.3, -0.25) is 0 Å². The van der Waals surface area contributed by atoms with Crippen molar-refractivity contribution in [1.29, 1.82) is 0 Å². The molecule has 0 radical (unpaired) electrons. The summed E-state index contributed by atoms with van der Waals surface area (Å²) in [5.41, 5.74) is 9.37. The first-order valence-electron chi connectivity index (χ1n) is 10.5. The number of hydrogen-bond donors (Lipinski definition) is 0. The van der Waals surface area contributed by atoms with Crippen LogP contribution in [0.1, 0.15) is 0 Å². The van der Waals surface area contributed by atoms with Crippen molar-refractivity contribution in [3.63, 3.8) is 0 Å². The van der Waals surface area contributed by atoms with E-state index in [1.807, 2.05) is 12.1 Å². The van der Waals surface area contributed by atoms with Crippen LogP contribution in [0, 0.1) is 0 Å². The van der Waals surface area contributed by atoms with E-state index in [0.29, 0.717) is 0 Å². The minimum absolute atomic E-state index is 0.860. The lowest BCUT2D eigenvalue weighted by Crippen LogP contribution is -1.91. The van der Waals surface area contributed by atoms with E-state index < -0.39 is 0 Å². The Hall–Kier alpha value is -4.10. The predicted molar refractivity (Wildman–Crippen MR) is 128 cm³/mol. The van der Waals surface area contributed by atoms with Gasteiger partial charge >= 0.3 is 0 Å². The summed E-state index contributed by atoms with van der Waals surface area (Å²) < 4.78 is 6.59. The summed E-state index contributed by atoms with van der Waals surface area (Å²) in [7, 11) is 0. The van der Waals surface area contributed by atoms with Crippen LogP contribution in [0.3, 0.4) is 0 Å². The molecule has 31 heavy (non-hydrogen) atoms. The van der Waals surface area contributed by atoms with E-state index in [4.69, 9.17) is 4.74 Å². The van der Waals surface area contributed by atoms with E-state index in [-0.39, 0.29) is 0 Å². The molecule has 1 aliphatic heterocycles. The number of benzene rings is 5. The van der Waals surface area contributed by atoms with Crippen LogP contribution in [0.15, 0.2) is 121 Å². The second-order valence-electron chi connectivity index (χ2n) is 7.73. The molecule has 1 nitrogen and oxygen atoms in total. The minimum Gasteiger partial charge on any atom is -0.456 e. The maximum atomic E-state index is 6.59. The summed E-state index contributed by atoms with van der Waals surface area (Å²) in [6.45, 7) is 0. The van der Waals surface area contributed by atoms with Crippen LogP contribution in [0.2, 0.25) is 0 Å². The average molecular weight is 396 g/mol. The number of ether oxygens (including phenoxy) is 1. The average Bonchev–Trinajstić information content (AvgIpc) is 2.86. The van der Waals surface area contributed by atoms with E-state index in [9.17, 15) is 0 Å². The van der Waals surface area contributed by atoms with Crippen LogP contribution >= 0.6 is 0 Å². The topological polar surface area (TPSA) is 9.23 Å². The van der Waals surface area contributed by atoms with E-state index >= 15 is 0 Å². The second kappa shape index (κ2) is 7.30. The van der Waals surface area contributed by atoms with Crippen LogP contribution < -0.4 is 4.74 Å². The lowest BCUT2D eigenvalue weighted by Gasteiger charge is -2.16. The number of para-hydroxylation sites is 2. The fraction of sp³-hybridized carbons (Fsp3) is 0. The lowest BCUT2D eigenvalue weighted by atomic mass is 9.87. The molecule has 0 fully saturated rings. The van der Waals surface area contributed by atoms with Gasteiger partial charge < -0.3 is 4.74 Å². The molecule has 0 aromatic heterocycles. The molecule has 1 heteroatoms. The first-order valence-corrected chi connectivity index (χ1v) is 10.5. The zero-order valence-electron chi connectivity index (χ0n) is 17.0. The van der Waals surface area contributed by atoms with Gasteiger partial charge in [-0.1, -0.05) is 109 Å². The fourth-order valence-corrected chi connectivity index (χ4v) is 4.53. The van der Waals surface area contributed by atoms with Gasteiger partial charge in [-0.05, 0) is 45.5 Å². The van der Waals surface area contributed by atoms with Crippen molar-refractivity contribution in [2.24, 2.45) is 0 Å². The highest BCUT2D eigenvalue weighted by Gasteiger charge is 2.20. The van der Waals surface area contributed by atoms with Gasteiger partial charge in [-0.15, -0.1) is 0 Å². The molecule has 1 aliphatic rings. The Labute approximate surface area is 182 Å². The summed E-state index contributed by atoms with van der Waals surface area (Å²) in [5.74, 6) is 1.72. The molecule has 0 saturated carbocycles. The number of rotatable bonds is 0.